The van der Waals surface area contributed by atoms with Crippen molar-refractivity contribution < 1.29 is 0 Å². The molecule has 57 heavy (non-hydrogen) atoms. The van der Waals surface area contributed by atoms with Crippen molar-refractivity contribution >= 4 is 11.0 Å². The van der Waals surface area contributed by atoms with Gasteiger partial charge in [0, 0.05) is 40.1 Å². The van der Waals surface area contributed by atoms with E-state index in [4.69, 9.17) is 15.0 Å². The number of rotatable bonds is 6. The lowest BCUT2D eigenvalue weighted by atomic mass is 9.81. The van der Waals surface area contributed by atoms with Gasteiger partial charge in [-0.25, -0.2) is 9.97 Å². The summed E-state index contributed by atoms with van der Waals surface area (Å²) in [5.74, 6) is 0.659. The second-order valence-corrected chi connectivity index (χ2v) is 15.1. The number of nitriles is 1. The van der Waals surface area contributed by atoms with Crippen LogP contribution in [0.1, 0.15) is 30.5 Å². The highest BCUT2D eigenvalue weighted by Crippen LogP contribution is 2.50. The maximum Gasteiger partial charge on any atom is 0.160 e. The SMILES string of the molecule is CC1(C)c2cc(C#N)ccc2-c2ccc(-c3cc(-c4cc(-c5ccc(-c6ccccc6)cc5)nc(-c5ccccc5)n4)cc(-c4cccc5nccnc45)c3)cc21. The zero-order chi connectivity index (χ0) is 38.5. The van der Waals surface area contributed by atoms with Crippen LogP contribution in [0.4, 0.5) is 0 Å². The van der Waals surface area contributed by atoms with E-state index >= 15 is 0 Å². The molecule has 0 spiro atoms. The second-order valence-electron chi connectivity index (χ2n) is 15.1. The lowest BCUT2D eigenvalue weighted by Crippen LogP contribution is -2.15. The van der Waals surface area contributed by atoms with Gasteiger partial charge < -0.3 is 0 Å². The molecule has 0 radical (unpaired) electrons. The molecule has 9 aromatic rings. The fourth-order valence-corrected chi connectivity index (χ4v) is 8.23. The Balaban J connectivity index is 1.17. The molecule has 2 aromatic heterocycles. The summed E-state index contributed by atoms with van der Waals surface area (Å²) in [5, 5.41) is 9.71. The molecule has 0 saturated carbocycles. The first kappa shape index (κ1) is 34.0. The van der Waals surface area contributed by atoms with Crippen LogP contribution in [0.5, 0.6) is 0 Å². The molecule has 0 saturated heterocycles. The molecule has 0 amide bonds. The van der Waals surface area contributed by atoms with Crippen molar-refractivity contribution in [3.8, 4) is 84.5 Å². The Morgan fingerprint density at radius 3 is 1.79 bits per heavy atom. The molecule has 2 heterocycles. The molecule has 0 atom stereocenters. The largest absolute Gasteiger partial charge is 0.253 e. The van der Waals surface area contributed by atoms with Gasteiger partial charge in [-0.1, -0.05) is 129 Å². The van der Waals surface area contributed by atoms with E-state index in [9.17, 15) is 5.26 Å². The fourth-order valence-electron chi connectivity index (χ4n) is 8.23. The van der Waals surface area contributed by atoms with Crippen molar-refractivity contribution in [2.45, 2.75) is 19.3 Å². The van der Waals surface area contributed by atoms with Crippen molar-refractivity contribution in [1.29, 1.82) is 5.26 Å². The Morgan fingerprint density at radius 2 is 1.04 bits per heavy atom. The molecule has 5 heteroatoms. The maximum absolute atomic E-state index is 9.71. The molecule has 0 bridgehead atoms. The lowest BCUT2D eigenvalue weighted by molar-refractivity contribution is 0.660. The van der Waals surface area contributed by atoms with E-state index < -0.39 is 0 Å². The van der Waals surface area contributed by atoms with Crippen molar-refractivity contribution in [1.82, 2.24) is 19.9 Å². The maximum atomic E-state index is 9.71. The van der Waals surface area contributed by atoms with Gasteiger partial charge in [-0.2, -0.15) is 5.26 Å². The molecule has 0 unspecified atom stereocenters. The third-order valence-corrected chi connectivity index (χ3v) is 11.2. The van der Waals surface area contributed by atoms with Gasteiger partial charge in [0.15, 0.2) is 5.82 Å². The van der Waals surface area contributed by atoms with E-state index in [0.29, 0.717) is 11.4 Å². The quantitative estimate of drug-likeness (QED) is 0.170. The van der Waals surface area contributed by atoms with E-state index in [1.54, 1.807) is 12.4 Å². The van der Waals surface area contributed by atoms with Gasteiger partial charge in [-0.3, -0.25) is 9.97 Å². The average Bonchev–Trinajstić information content (AvgIpc) is 3.51. The van der Waals surface area contributed by atoms with Gasteiger partial charge in [0.25, 0.3) is 0 Å². The zero-order valence-electron chi connectivity index (χ0n) is 31.5. The van der Waals surface area contributed by atoms with Crippen LogP contribution in [0.2, 0.25) is 0 Å². The Hall–Kier alpha value is -7.55. The standard InChI is InChI=1S/C52H35N5/c1-52(2)45-26-33(32-53)16-22-43(45)44-23-21-38(30-46(44)52)39-27-40(42-14-9-15-47-50(42)55-25-24-54-47)29-41(28-39)49-31-48(56-51(57-49)37-12-7-4-8-13-37)36-19-17-35(18-20-36)34-10-5-3-6-11-34/h3-31H,1-2H3. The molecule has 10 rings (SSSR count). The summed E-state index contributed by atoms with van der Waals surface area (Å²) in [4.78, 5) is 19.8. The lowest BCUT2D eigenvalue weighted by Gasteiger charge is -2.22. The van der Waals surface area contributed by atoms with Crippen molar-refractivity contribution in [2.75, 3.05) is 0 Å². The van der Waals surface area contributed by atoms with Gasteiger partial charge in [-0.05, 0) is 98.6 Å². The first-order valence-corrected chi connectivity index (χ1v) is 19.1. The van der Waals surface area contributed by atoms with Gasteiger partial charge in [-0.15, -0.1) is 0 Å². The van der Waals surface area contributed by atoms with Crippen molar-refractivity contribution in [3.63, 3.8) is 0 Å². The summed E-state index contributed by atoms with van der Waals surface area (Å²) in [6.45, 7) is 4.50. The van der Waals surface area contributed by atoms with E-state index in [2.05, 4.69) is 140 Å². The van der Waals surface area contributed by atoms with E-state index in [0.717, 1.165) is 66.9 Å². The number of hydrogen-bond acceptors (Lipinski definition) is 5. The van der Waals surface area contributed by atoms with Crippen LogP contribution >= 0.6 is 0 Å². The minimum Gasteiger partial charge on any atom is -0.253 e. The first-order chi connectivity index (χ1) is 27.9. The van der Waals surface area contributed by atoms with E-state index in [1.807, 2.05) is 48.5 Å². The van der Waals surface area contributed by atoms with Crippen LogP contribution < -0.4 is 0 Å². The Kier molecular flexibility index (Phi) is 8.13. The molecule has 0 N–H and O–H groups in total. The van der Waals surface area contributed by atoms with Crippen LogP contribution in [0.15, 0.2) is 176 Å². The van der Waals surface area contributed by atoms with Crippen LogP contribution in [-0.2, 0) is 5.41 Å². The zero-order valence-corrected chi connectivity index (χ0v) is 31.5. The number of fused-ring (bicyclic) bond motifs is 4. The summed E-state index contributed by atoms with van der Waals surface area (Å²) >= 11 is 0. The second kappa shape index (κ2) is 13.6. The average molecular weight is 730 g/mol. The molecule has 0 fully saturated rings. The van der Waals surface area contributed by atoms with Gasteiger partial charge in [0.1, 0.15) is 0 Å². The summed E-state index contributed by atoms with van der Waals surface area (Å²) < 4.78 is 0. The summed E-state index contributed by atoms with van der Waals surface area (Å²) in [6, 6.07) is 59.3. The molecule has 0 aliphatic heterocycles. The smallest absolute Gasteiger partial charge is 0.160 e. The number of aromatic nitrogens is 4. The number of nitrogens with zero attached hydrogens (tertiary/aromatic N) is 5. The number of benzene rings is 7. The summed E-state index contributed by atoms with van der Waals surface area (Å²) in [6.07, 6.45) is 3.48. The summed E-state index contributed by atoms with van der Waals surface area (Å²) in [7, 11) is 0. The molecule has 1 aliphatic carbocycles. The highest BCUT2D eigenvalue weighted by molar-refractivity contribution is 5.94. The minimum atomic E-state index is -0.276. The number of hydrogen-bond donors (Lipinski definition) is 0. The number of para-hydroxylation sites is 1. The van der Waals surface area contributed by atoms with Crippen LogP contribution in [-0.4, -0.2) is 19.9 Å². The third-order valence-electron chi connectivity index (χ3n) is 11.2. The molecular formula is C52H35N5. The highest BCUT2D eigenvalue weighted by atomic mass is 14.9. The first-order valence-electron chi connectivity index (χ1n) is 19.1. The van der Waals surface area contributed by atoms with E-state index in [-0.39, 0.29) is 5.41 Å². The fraction of sp³-hybridized carbons (Fsp3) is 0.0577. The topological polar surface area (TPSA) is 75.3 Å². The van der Waals surface area contributed by atoms with Crippen LogP contribution in [0.25, 0.3) is 89.4 Å². The normalized spacial score (nSPS) is 12.5. The third kappa shape index (κ3) is 6.05. The molecule has 7 aromatic carbocycles. The predicted octanol–water partition coefficient (Wildman–Crippen LogP) is 12.6. The molecule has 5 nitrogen and oxygen atoms in total. The van der Waals surface area contributed by atoms with Gasteiger partial charge >= 0.3 is 0 Å². The van der Waals surface area contributed by atoms with Gasteiger partial charge in [0.05, 0.1) is 34.1 Å². The van der Waals surface area contributed by atoms with Crippen molar-refractivity contribution in [3.05, 3.63) is 193 Å². The molecule has 268 valence electrons. The van der Waals surface area contributed by atoms with Crippen molar-refractivity contribution in [2.24, 2.45) is 0 Å². The Labute approximate surface area is 331 Å². The van der Waals surface area contributed by atoms with E-state index in [1.165, 1.54) is 27.8 Å². The predicted molar refractivity (Wildman–Crippen MR) is 230 cm³/mol. The Bertz CT molecular complexity index is 3030. The highest BCUT2D eigenvalue weighted by Gasteiger charge is 2.36. The Morgan fingerprint density at radius 1 is 0.439 bits per heavy atom. The minimum absolute atomic E-state index is 0.276. The molecular weight excluding hydrogens is 695 g/mol. The van der Waals surface area contributed by atoms with Gasteiger partial charge in [0.2, 0.25) is 0 Å². The monoisotopic (exact) mass is 729 g/mol. The van der Waals surface area contributed by atoms with Crippen LogP contribution in [0, 0.1) is 11.3 Å². The molecule has 1 aliphatic rings. The summed E-state index contributed by atoms with van der Waals surface area (Å²) in [5.41, 5.74) is 18.0. The van der Waals surface area contributed by atoms with Crippen LogP contribution in [0.3, 0.4) is 0 Å².